The predicted octanol–water partition coefficient (Wildman–Crippen LogP) is 3.46. The Morgan fingerprint density at radius 3 is 2.44 bits per heavy atom. The van der Waals surface area contributed by atoms with Gasteiger partial charge in [0.15, 0.2) is 0 Å². The van der Waals surface area contributed by atoms with Crippen LogP contribution in [0.4, 0.5) is 18.9 Å². The van der Waals surface area contributed by atoms with Crippen molar-refractivity contribution >= 4 is 17.3 Å². The SMILES string of the molecule is Cc1c(OC(F)(F)F)ccc([N+](=O)[O-])c1Cl. The standard InChI is InChI=1S/C8H5ClF3NO3/c1-4-6(16-8(10,11)12)3-2-5(7(4)9)13(14)15/h2-3H,1H3. The van der Waals surface area contributed by atoms with Crippen molar-refractivity contribution in [1.29, 1.82) is 0 Å². The smallest absolute Gasteiger partial charge is 0.405 e. The molecule has 0 fully saturated rings. The quantitative estimate of drug-likeness (QED) is 0.601. The molecule has 0 heterocycles. The molecule has 0 bridgehead atoms. The summed E-state index contributed by atoms with van der Waals surface area (Å²) in [6, 6.07) is 1.71. The number of alkyl halides is 3. The van der Waals surface area contributed by atoms with Crippen LogP contribution in [0.15, 0.2) is 12.1 Å². The second kappa shape index (κ2) is 4.17. The summed E-state index contributed by atoms with van der Waals surface area (Å²) in [6.45, 7) is 1.20. The van der Waals surface area contributed by atoms with Gasteiger partial charge in [-0.3, -0.25) is 10.1 Å². The van der Waals surface area contributed by atoms with Gasteiger partial charge in [0.2, 0.25) is 0 Å². The number of ether oxygens (including phenoxy) is 1. The lowest BCUT2D eigenvalue weighted by molar-refractivity contribution is -0.384. The zero-order valence-corrected chi connectivity index (χ0v) is 8.59. The van der Waals surface area contributed by atoms with Crippen LogP contribution in [0.3, 0.4) is 0 Å². The molecule has 0 saturated heterocycles. The van der Waals surface area contributed by atoms with Crippen LogP contribution in [0.1, 0.15) is 5.56 Å². The Morgan fingerprint density at radius 2 is 2.00 bits per heavy atom. The van der Waals surface area contributed by atoms with Gasteiger partial charge >= 0.3 is 6.36 Å². The molecule has 16 heavy (non-hydrogen) atoms. The van der Waals surface area contributed by atoms with Crippen molar-refractivity contribution in [2.24, 2.45) is 0 Å². The summed E-state index contributed by atoms with van der Waals surface area (Å²) in [7, 11) is 0. The second-order valence-electron chi connectivity index (χ2n) is 2.83. The van der Waals surface area contributed by atoms with Crippen LogP contribution in [-0.2, 0) is 0 Å². The third-order valence-corrected chi connectivity index (χ3v) is 2.22. The molecule has 88 valence electrons. The molecule has 0 amide bonds. The lowest BCUT2D eigenvalue weighted by Crippen LogP contribution is -2.17. The van der Waals surface area contributed by atoms with Crippen molar-refractivity contribution in [1.82, 2.24) is 0 Å². The molecule has 0 atom stereocenters. The summed E-state index contributed by atoms with van der Waals surface area (Å²) in [5.41, 5.74) is -0.595. The summed E-state index contributed by atoms with van der Waals surface area (Å²) in [6.07, 6.45) is -4.86. The van der Waals surface area contributed by atoms with E-state index in [1.54, 1.807) is 0 Å². The van der Waals surface area contributed by atoms with Crippen LogP contribution < -0.4 is 4.74 Å². The van der Waals surface area contributed by atoms with E-state index >= 15 is 0 Å². The predicted molar refractivity (Wildman–Crippen MR) is 49.5 cm³/mol. The average molecular weight is 256 g/mol. The number of nitrogens with zero attached hydrogens (tertiary/aromatic N) is 1. The number of hydrogen-bond donors (Lipinski definition) is 0. The largest absolute Gasteiger partial charge is 0.573 e. The van der Waals surface area contributed by atoms with Gasteiger partial charge in [0.25, 0.3) is 5.69 Å². The molecule has 0 N–H and O–H groups in total. The maximum Gasteiger partial charge on any atom is 0.573 e. The molecular weight excluding hydrogens is 251 g/mol. The third-order valence-electron chi connectivity index (χ3n) is 1.74. The molecule has 4 nitrogen and oxygen atoms in total. The highest BCUT2D eigenvalue weighted by Crippen LogP contribution is 2.36. The van der Waals surface area contributed by atoms with Gasteiger partial charge in [-0.05, 0) is 13.0 Å². The highest BCUT2D eigenvalue weighted by Gasteiger charge is 2.32. The van der Waals surface area contributed by atoms with Crippen LogP contribution in [0.25, 0.3) is 0 Å². The molecule has 1 aromatic rings. The van der Waals surface area contributed by atoms with Gasteiger partial charge in [-0.2, -0.15) is 0 Å². The van der Waals surface area contributed by atoms with Gasteiger partial charge < -0.3 is 4.74 Å². The van der Waals surface area contributed by atoms with E-state index in [1.165, 1.54) is 6.92 Å². The third kappa shape index (κ3) is 2.75. The first-order valence-corrected chi connectivity index (χ1v) is 4.29. The highest BCUT2D eigenvalue weighted by molar-refractivity contribution is 6.33. The van der Waals surface area contributed by atoms with Gasteiger partial charge in [0.1, 0.15) is 10.8 Å². The maximum atomic E-state index is 11.9. The van der Waals surface area contributed by atoms with Gasteiger partial charge in [0.05, 0.1) is 4.92 Å². The number of hydrogen-bond acceptors (Lipinski definition) is 3. The number of rotatable bonds is 2. The second-order valence-corrected chi connectivity index (χ2v) is 3.20. The topological polar surface area (TPSA) is 52.4 Å². The van der Waals surface area contributed by atoms with Gasteiger partial charge in [0, 0.05) is 11.6 Å². The number of nitro benzene ring substituents is 1. The van der Waals surface area contributed by atoms with E-state index in [9.17, 15) is 23.3 Å². The minimum absolute atomic E-state index is 0.131. The normalized spacial score (nSPS) is 11.3. The molecule has 0 saturated carbocycles. The molecule has 0 radical (unpaired) electrons. The van der Waals surface area contributed by atoms with E-state index in [2.05, 4.69) is 4.74 Å². The summed E-state index contributed by atoms with van der Waals surface area (Å²) in [5.74, 6) is -0.553. The first-order chi connectivity index (χ1) is 7.22. The van der Waals surface area contributed by atoms with E-state index in [-0.39, 0.29) is 10.6 Å². The maximum absolute atomic E-state index is 11.9. The van der Waals surface area contributed by atoms with E-state index in [0.29, 0.717) is 0 Å². The zero-order valence-electron chi connectivity index (χ0n) is 7.84. The van der Waals surface area contributed by atoms with Crippen LogP contribution in [0.5, 0.6) is 5.75 Å². The van der Waals surface area contributed by atoms with Crippen LogP contribution in [-0.4, -0.2) is 11.3 Å². The fraction of sp³-hybridized carbons (Fsp3) is 0.250. The van der Waals surface area contributed by atoms with Crippen LogP contribution >= 0.6 is 11.6 Å². The lowest BCUT2D eigenvalue weighted by atomic mass is 10.2. The number of nitro groups is 1. The molecule has 0 aliphatic rings. The molecular formula is C8H5ClF3NO3. The Morgan fingerprint density at radius 1 is 1.44 bits per heavy atom. The monoisotopic (exact) mass is 255 g/mol. The summed E-state index contributed by atoms with van der Waals surface area (Å²) < 4.78 is 39.4. The molecule has 1 aromatic carbocycles. The number of halogens is 4. The van der Waals surface area contributed by atoms with Crippen LogP contribution in [0, 0.1) is 17.0 Å². The fourth-order valence-electron chi connectivity index (χ4n) is 1.03. The van der Waals surface area contributed by atoms with Crippen molar-refractivity contribution in [3.05, 3.63) is 32.8 Å². The highest BCUT2D eigenvalue weighted by atomic mass is 35.5. The number of benzene rings is 1. The summed E-state index contributed by atoms with van der Waals surface area (Å²) in [4.78, 5) is 9.64. The van der Waals surface area contributed by atoms with Crippen LogP contribution in [0.2, 0.25) is 5.02 Å². The molecule has 0 spiro atoms. The molecule has 0 aromatic heterocycles. The van der Waals surface area contributed by atoms with E-state index in [1.807, 2.05) is 0 Å². The van der Waals surface area contributed by atoms with Gasteiger partial charge in [-0.25, -0.2) is 0 Å². The Bertz CT molecular complexity index is 433. The minimum atomic E-state index is -4.86. The first-order valence-electron chi connectivity index (χ1n) is 3.91. The molecule has 0 aliphatic carbocycles. The van der Waals surface area contributed by atoms with Crippen molar-refractivity contribution in [3.8, 4) is 5.75 Å². The Hall–Kier alpha value is -1.50. The van der Waals surface area contributed by atoms with Crippen molar-refractivity contribution < 1.29 is 22.8 Å². The Labute approximate surface area is 92.7 Å². The van der Waals surface area contributed by atoms with Gasteiger partial charge in [-0.1, -0.05) is 11.6 Å². The molecule has 8 heteroatoms. The fourth-order valence-corrected chi connectivity index (χ4v) is 1.25. The lowest BCUT2D eigenvalue weighted by Gasteiger charge is -2.11. The average Bonchev–Trinajstić information content (AvgIpc) is 2.10. The van der Waals surface area contributed by atoms with Crippen molar-refractivity contribution in [3.63, 3.8) is 0 Å². The Kier molecular flexibility index (Phi) is 3.27. The molecule has 0 unspecified atom stereocenters. The summed E-state index contributed by atoms with van der Waals surface area (Å²) >= 11 is 5.53. The first kappa shape index (κ1) is 12.6. The zero-order chi connectivity index (χ0) is 12.5. The van der Waals surface area contributed by atoms with Crippen molar-refractivity contribution in [2.75, 3.05) is 0 Å². The molecule has 0 aliphatic heterocycles. The Balaban J connectivity index is 3.17. The summed E-state index contributed by atoms with van der Waals surface area (Å²) in [5, 5.41) is 10.1. The van der Waals surface area contributed by atoms with E-state index in [0.717, 1.165) is 12.1 Å². The minimum Gasteiger partial charge on any atom is -0.405 e. The van der Waals surface area contributed by atoms with Crippen molar-refractivity contribution in [2.45, 2.75) is 13.3 Å². The van der Waals surface area contributed by atoms with Gasteiger partial charge in [-0.15, -0.1) is 13.2 Å². The van der Waals surface area contributed by atoms with E-state index in [4.69, 9.17) is 11.6 Å². The molecule has 1 rings (SSSR count). The van der Waals surface area contributed by atoms with E-state index < -0.39 is 22.7 Å².